The lowest BCUT2D eigenvalue weighted by molar-refractivity contribution is 0.0699. The fraction of sp³-hybridized carbons (Fsp3) is 0.500. The van der Waals surface area contributed by atoms with E-state index in [2.05, 4.69) is 53.4 Å². The highest BCUT2D eigenvalue weighted by atomic mass is 16.5. The van der Waals surface area contributed by atoms with Gasteiger partial charge in [0.2, 0.25) is 0 Å². The Balaban J connectivity index is 1.48. The predicted molar refractivity (Wildman–Crippen MR) is 122 cm³/mol. The SMILES string of the molecule is CCN1CC(C)(C)c2ccc(NC(=O)c3cccnc3NCC3CCOCC3)cc21. The highest BCUT2D eigenvalue weighted by Gasteiger charge is 2.34. The smallest absolute Gasteiger partial charge is 0.259 e. The predicted octanol–water partition coefficient (Wildman–Crippen LogP) is 4.29. The van der Waals surface area contributed by atoms with Crippen LogP contribution in [0.3, 0.4) is 0 Å². The van der Waals surface area contributed by atoms with Crippen molar-refractivity contribution in [2.45, 2.75) is 39.0 Å². The van der Waals surface area contributed by atoms with E-state index in [1.54, 1.807) is 12.3 Å². The standard InChI is InChI=1S/C24H32N4O2/c1-4-28-16-24(2,3)20-8-7-18(14-21(20)28)27-23(29)19-6-5-11-25-22(19)26-15-17-9-12-30-13-10-17/h5-8,11,14,17H,4,9-10,12-13,15-16H2,1-3H3,(H,25,26)(H,27,29). The first kappa shape index (κ1) is 20.7. The summed E-state index contributed by atoms with van der Waals surface area (Å²) in [5.41, 5.74) is 4.05. The fourth-order valence-electron chi connectivity index (χ4n) is 4.49. The molecule has 1 saturated heterocycles. The van der Waals surface area contributed by atoms with Crippen LogP contribution < -0.4 is 15.5 Å². The van der Waals surface area contributed by atoms with E-state index in [-0.39, 0.29) is 11.3 Å². The summed E-state index contributed by atoms with van der Waals surface area (Å²) in [7, 11) is 0. The molecule has 0 atom stereocenters. The highest BCUT2D eigenvalue weighted by Crippen LogP contribution is 2.41. The van der Waals surface area contributed by atoms with Crippen LogP contribution in [0.1, 0.15) is 49.5 Å². The summed E-state index contributed by atoms with van der Waals surface area (Å²) in [6.45, 7) is 11.1. The van der Waals surface area contributed by atoms with Gasteiger partial charge in [0.1, 0.15) is 5.82 Å². The van der Waals surface area contributed by atoms with Crippen LogP contribution in [0.5, 0.6) is 0 Å². The van der Waals surface area contributed by atoms with Crippen LogP contribution in [-0.4, -0.2) is 43.7 Å². The topological polar surface area (TPSA) is 66.5 Å². The van der Waals surface area contributed by atoms with Crippen LogP contribution >= 0.6 is 0 Å². The van der Waals surface area contributed by atoms with Gasteiger partial charge in [-0.15, -0.1) is 0 Å². The molecule has 0 radical (unpaired) electrons. The largest absolute Gasteiger partial charge is 0.381 e. The second-order valence-electron chi connectivity index (χ2n) is 8.92. The minimum Gasteiger partial charge on any atom is -0.381 e. The Bertz CT molecular complexity index is 906. The molecule has 0 unspecified atom stereocenters. The summed E-state index contributed by atoms with van der Waals surface area (Å²) in [4.78, 5) is 19.8. The molecule has 0 spiro atoms. The first-order valence-corrected chi connectivity index (χ1v) is 11.0. The number of fused-ring (bicyclic) bond motifs is 1. The van der Waals surface area contributed by atoms with Crippen LogP contribution in [-0.2, 0) is 10.2 Å². The maximum atomic E-state index is 13.0. The molecule has 3 heterocycles. The van der Waals surface area contributed by atoms with Crippen molar-refractivity contribution < 1.29 is 9.53 Å². The first-order valence-electron chi connectivity index (χ1n) is 11.0. The Labute approximate surface area is 179 Å². The normalized spacial score (nSPS) is 18.2. The Morgan fingerprint density at radius 1 is 1.27 bits per heavy atom. The number of rotatable bonds is 6. The van der Waals surface area contributed by atoms with Crippen molar-refractivity contribution in [2.75, 3.05) is 48.4 Å². The van der Waals surface area contributed by atoms with E-state index < -0.39 is 0 Å². The van der Waals surface area contributed by atoms with Crippen molar-refractivity contribution in [1.29, 1.82) is 0 Å². The fourth-order valence-corrected chi connectivity index (χ4v) is 4.49. The first-order chi connectivity index (χ1) is 14.5. The molecule has 2 N–H and O–H groups in total. The number of carbonyl (C=O) groups is 1. The Morgan fingerprint density at radius 3 is 2.83 bits per heavy atom. The van der Waals surface area contributed by atoms with Crippen LogP contribution in [0.15, 0.2) is 36.5 Å². The Morgan fingerprint density at radius 2 is 2.07 bits per heavy atom. The van der Waals surface area contributed by atoms with Gasteiger partial charge in [-0.3, -0.25) is 4.79 Å². The zero-order valence-electron chi connectivity index (χ0n) is 18.2. The molecule has 0 aliphatic carbocycles. The lowest BCUT2D eigenvalue weighted by atomic mass is 9.87. The highest BCUT2D eigenvalue weighted by molar-refractivity contribution is 6.07. The molecule has 1 amide bonds. The number of pyridine rings is 1. The third-order valence-electron chi connectivity index (χ3n) is 6.24. The van der Waals surface area contributed by atoms with E-state index in [1.165, 1.54) is 11.3 Å². The summed E-state index contributed by atoms with van der Waals surface area (Å²) < 4.78 is 5.43. The minimum atomic E-state index is -0.141. The van der Waals surface area contributed by atoms with Crippen molar-refractivity contribution in [3.8, 4) is 0 Å². The second kappa shape index (κ2) is 8.64. The van der Waals surface area contributed by atoms with Gasteiger partial charge >= 0.3 is 0 Å². The molecule has 1 fully saturated rings. The third-order valence-corrected chi connectivity index (χ3v) is 6.24. The van der Waals surface area contributed by atoms with E-state index in [0.29, 0.717) is 17.3 Å². The molecule has 1 aromatic heterocycles. The molecule has 6 heteroatoms. The summed E-state index contributed by atoms with van der Waals surface area (Å²) in [5.74, 6) is 1.05. The molecular formula is C24H32N4O2. The minimum absolute atomic E-state index is 0.123. The van der Waals surface area contributed by atoms with Gasteiger partial charge in [0.25, 0.3) is 5.91 Å². The maximum absolute atomic E-state index is 13.0. The number of nitrogens with one attached hydrogen (secondary N) is 2. The number of likely N-dealkylation sites (N-methyl/N-ethyl adjacent to an activating group) is 1. The van der Waals surface area contributed by atoms with Gasteiger partial charge in [0.15, 0.2) is 0 Å². The van der Waals surface area contributed by atoms with Crippen molar-refractivity contribution in [1.82, 2.24) is 4.98 Å². The van der Waals surface area contributed by atoms with Crippen molar-refractivity contribution in [3.63, 3.8) is 0 Å². The number of anilines is 3. The third kappa shape index (κ3) is 4.29. The molecule has 0 saturated carbocycles. The summed E-state index contributed by atoms with van der Waals surface area (Å²) in [6.07, 6.45) is 3.81. The summed E-state index contributed by atoms with van der Waals surface area (Å²) >= 11 is 0. The van der Waals surface area contributed by atoms with Gasteiger partial charge < -0.3 is 20.3 Å². The van der Waals surface area contributed by atoms with Gasteiger partial charge in [-0.25, -0.2) is 4.98 Å². The van der Waals surface area contributed by atoms with E-state index in [9.17, 15) is 4.79 Å². The number of hydrogen-bond donors (Lipinski definition) is 2. The number of aromatic nitrogens is 1. The number of hydrogen-bond acceptors (Lipinski definition) is 5. The molecule has 1 aromatic carbocycles. The Kier molecular flexibility index (Phi) is 5.95. The molecular weight excluding hydrogens is 376 g/mol. The van der Waals surface area contributed by atoms with Gasteiger partial charge in [-0.1, -0.05) is 19.9 Å². The van der Waals surface area contributed by atoms with Crippen molar-refractivity contribution in [3.05, 3.63) is 47.7 Å². The second-order valence-corrected chi connectivity index (χ2v) is 8.92. The Hall–Kier alpha value is -2.60. The lowest BCUT2D eigenvalue weighted by Crippen LogP contribution is -2.28. The van der Waals surface area contributed by atoms with Crippen LogP contribution in [0.4, 0.5) is 17.2 Å². The zero-order valence-corrected chi connectivity index (χ0v) is 18.2. The average Bonchev–Trinajstić information content (AvgIpc) is 3.02. The quantitative estimate of drug-likeness (QED) is 0.746. The number of carbonyl (C=O) groups excluding carboxylic acids is 1. The molecule has 160 valence electrons. The molecule has 4 rings (SSSR count). The zero-order chi connectivity index (χ0) is 21.1. The summed E-state index contributed by atoms with van der Waals surface area (Å²) in [5, 5.41) is 6.46. The number of amides is 1. The average molecular weight is 409 g/mol. The summed E-state index contributed by atoms with van der Waals surface area (Å²) in [6, 6.07) is 9.87. The molecule has 30 heavy (non-hydrogen) atoms. The molecule has 0 bridgehead atoms. The van der Waals surface area contributed by atoms with Gasteiger partial charge in [0.05, 0.1) is 5.56 Å². The molecule has 2 aliphatic heterocycles. The van der Waals surface area contributed by atoms with Gasteiger partial charge in [0, 0.05) is 55.8 Å². The van der Waals surface area contributed by atoms with E-state index in [0.717, 1.165) is 51.4 Å². The van der Waals surface area contributed by atoms with E-state index >= 15 is 0 Å². The van der Waals surface area contributed by atoms with Crippen LogP contribution in [0.2, 0.25) is 0 Å². The number of benzene rings is 1. The lowest BCUT2D eigenvalue weighted by Gasteiger charge is -2.23. The van der Waals surface area contributed by atoms with E-state index in [4.69, 9.17) is 4.74 Å². The monoisotopic (exact) mass is 408 g/mol. The van der Waals surface area contributed by atoms with Crippen molar-refractivity contribution >= 4 is 23.1 Å². The van der Waals surface area contributed by atoms with Crippen molar-refractivity contribution in [2.24, 2.45) is 5.92 Å². The maximum Gasteiger partial charge on any atom is 0.259 e. The molecule has 2 aromatic rings. The molecule has 6 nitrogen and oxygen atoms in total. The van der Waals surface area contributed by atoms with E-state index in [1.807, 2.05) is 12.1 Å². The molecule has 2 aliphatic rings. The van der Waals surface area contributed by atoms with Gasteiger partial charge in [-0.2, -0.15) is 0 Å². The van der Waals surface area contributed by atoms with Crippen LogP contribution in [0, 0.1) is 5.92 Å². The number of ether oxygens (including phenoxy) is 1. The van der Waals surface area contributed by atoms with Crippen LogP contribution in [0.25, 0.3) is 0 Å². The number of nitrogens with zero attached hydrogens (tertiary/aromatic N) is 2. The van der Waals surface area contributed by atoms with Gasteiger partial charge in [-0.05, 0) is 55.5 Å².